The van der Waals surface area contributed by atoms with Gasteiger partial charge in [-0.1, -0.05) is 42.0 Å². The van der Waals surface area contributed by atoms with Crippen molar-refractivity contribution in [1.82, 2.24) is 9.47 Å². The zero-order valence-electron chi connectivity index (χ0n) is 16.5. The van der Waals surface area contributed by atoms with Crippen molar-refractivity contribution in [2.24, 2.45) is 0 Å². The van der Waals surface area contributed by atoms with Crippen LogP contribution in [0.25, 0.3) is 10.9 Å². The molecule has 0 saturated carbocycles. The van der Waals surface area contributed by atoms with Crippen LogP contribution in [-0.2, 0) is 17.8 Å². The number of aryl methyl sites for hydroxylation is 1. The van der Waals surface area contributed by atoms with Gasteiger partial charge in [0.25, 0.3) is 0 Å². The quantitative estimate of drug-likeness (QED) is 0.606. The number of likely N-dealkylation sites (N-methyl/N-ethyl adjacent to an activating group) is 1. The van der Waals surface area contributed by atoms with E-state index >= 15 is 0 Å². The van der Waals surface area contributed by atoms with Crippen molar-refractivity contribution in [1.29, 1.82) is 0 Å². The van der Waals surface area contributed by atoms with Gasteiger partial charge < -0.3 is 14.2 Å². The van der Waals surface area contributed by atoms with E-state index in [1.807, 2.05) is 0 Å². The Balaban J connectivity index is 1.71. The number of aromatic nitrogens is 1. The molecule has 0 saturated heterocycles. The average Bonchev–Trinajstić information content (AvgIpc) is 2.93. The molecule has 3 atom stereocenters. The molecule has 3 heterocycles. The van der Waals surface area contributed by atoms with Crippen LogP contribution < -0.4 is 0 Å². The highest BCUT2D eigenvalue weighted by molar-refractivity contribution is 5.87. The van der Waals surface area contributed by atoms with Gasteiger partial charge in [-0.05, 0) is 50.6 Å². The first-order valence-electron chi connectivity index (χ1n) is 10.1. The Labute approximate surface area is 161 Å². The van der Waals surface area contributed by atoms with E-state index in [9.17, 15) is 0 Å². The van der Waals surface area contributed by atoms with E-state index in [2.05, 4.69) is 78.9 Å². The lowest BCUT2D eigenvalue weighted by molar-refractivity contribution is -0.0285. The van der Waals surface area contributed by atoms with E-state index in [0.29, 0.717) is 5.92 Å². The van der Waals surface area contributed by atoms with Crippen molar-refractivity contribution in [2.45, 2.75) is 51.5 Å². The largest absolute Gasteiger partial charge is 0.369 e. The zero-order chi connectivity index (χ0) is 18.5. The van der Waals surface area contributed by atoms with Crippen LogP contribution in [0.15, 0.2) is 48.5 Å². The molecule has 0 bridgehead atoms. The van der Waals surface area contributed by atoms with Crippen LogP contribution in [0.3, 0.4) is 0 Å². The summed E-state index contributed by atoms with van der Waals surface area (Å²) in [5, 5.41) is 1.43. The maximum Gasteiger partial charge on any atom is 0.101 e. The number of fused-ring (bicyclic) bond motifs is 3. The monoisotopic (exact) mass is 360 g/mol. The maximum absolute atomic E-state index is 6.57. The van der Waals surface area contributed by atoms with E-state index < -0.39 is 0 Å². The van der Waals surface area contributed by atoms with Crippen molar-refractivity contribution >= 4 is 10.9 Å². The minimum atomic E-state index is 0.0998. The van der Waals surface area contributed by atoms with Gasteiger partial charge in [0.15, 0.2) is 0 Å². The van der Waals surface area contributed by atoms with Gasteiger partial charge in [0.05, 0.1) is 12.6 Å². The fourth-order valence-corrected chi connectivity index (χ4v) is 5.17. The summed E-state index contributed by atoms with van der Waals surface area (Å²) in [4.78, 5) is 2.47. The summed E-state index contributed by atoms with van der Waals surface area (Å²) < 4.78 is 9.14. The molecule has 0 N–H and O–H groups in total. The highest BCUT2D eigenvalue weighted by Crippen LogP contribution is 2.42. The van der Waals surface area contributed by atoms with Gasteiger partial charge in [-0.25, -0.2) is 0 Å². The first-order valence-corrected chi connectivity index (χ1v) is 10.1. The Morgan fingerprint density at radius 3 is 2.67 bits per heavy atom. The van der Waals surface area contributed by atoms with E-state index in [4.69, 9.17) is 4.74 Å². The van der Waals surface area contributed by atoms with Crippen molar-refractivity contribution in [3.8, 4) is 0 Å². The van der Waals surface area contributed by atoms with E-state index in [-0.39, 0.29) is 12.2 Å². The third-order valence-corrected chi connectivity index (χ3v) is 6.25. The first-order chi connectivity index (χ1) is 13.1. The topological polar surface area (TPSA) is 17.4 Å². The summed E-state index contributed by atoms with van der Waals surface area (Å²) in [7, 11) is 2.25. The first kappa shape index (κ1) is 17.0. The molecule has 2 aliphatic heterocycles. The molecule has 0 radical (unpaired) electrons. The van der Waals surface area contributed by atoms with E-state index in [1.54, 1.807) is 5.69 Å². The molecule has 0 fully saturated rings. The molecule has 2 aliphatic rings. The summed E-state index contributed by atoms with van der Waals surface area (Å²) in [5.41, 5.74) is 7.08. The van der Waals surface area contributed by atoms with E-state index in [0.717, 1.165) is 26.1 Å². The Hall–Kier alpha value is -2.10. The van der Waals surface area contributed by atoms with Crippen molar-refractivity contribution in [3.63, 3.8) is 0 Å². The van der Waals surface area contributed by atoms with Gasteiger partial charge in [-0.3, -0.25) is 0 Å². The highest BCUT2D eigenvalue weighted by atomic mass is 16.5. The Kier molecular flexibility index (Phi) is 4.10. The lowest BCUT2D eigenvalue weighted by Gasteiger charge is -2.37. The van der Waals surface area contributed by atoms with Crippen LogP contribution in [0.5, 0.6) is 0 Å². The molecule has 2 aromatic carbocycles. The minimum Gasteiger partial charge on any atom is -0.369 e. The zero-order valence-corrected chi connectivity index (χ0v) is 16.5. The predicted molar refractivity (Wildman–Crippen MR) is 110 cm³/mol. The fraction of sp³-hybridized carbons (Fsp3) is 0.417. The summed E-state index contributed by atoms with van der Waals surface area (Å²) in [5.74, 6) is 0.540. The minimum absolute atomic E-state index is 0.0998. The number of ether oxygens (including phenoxy) is 1. The number of benzene rings is 2. The summed E-state index contributed by atoms with van der Waals surface area (Å²) in [6.45, 7) is 7.50. The Bertz CT molecular complexity index is 975. The Morgan fingerprint density at radius 1 is 1.04 bits per heavy atom. The van der Waals surface area contributed by atoms with Gasteiger partial charge in [0.2, 0.25) is 0 Å². The third kappa shape index (κ3) is 2.90. The Morgan fingerprint density at radius 2 is 1.85 bits per heavy atom. The molecule has 0 amide bonds. The fourth-order valence-electron chi connectivity index (χ4n) is 5.17. The number of hydrogen-bond donors (Lipinski definition) is 0. The predicted octanol–water partition coefficient (Wildman–Crippen LogP) is 5.03. The lowest BCUT2D eigenvalue weighted by atomic mass is 9.89. The molecule has 3 unspecified atom stereocenters. The second-order valence-corrected chi connectivity index (χ2v) is 8.47. The summed E-state index contributed by atoms with van der Waals surface area (Å²) in [6.07, 6.45) is 1.44. The van der Waals surface area contributed by atoms with Gasteiger partial charge >= 0.3 is 0 Å². The molecule has 27 heavy (non-hydrogen) atoms. The molecular weight excluding hydrogens is 332 g/mol. The van der Waals surface area contributed by atoms with Gasteiger partial charge in [-0.2, -0.15) is 0 Å². The molecule has 0 spiro atoms. The molecule has 1 aromatic heterocycles. The van der Waals surface area contributed by atoms with Crippen molar-refractivity contribution in [3.05, 3.63) is 70.9 Å². The smallest absolute Gasteiger partial charge is 0.101 e. The van der Waals surface area contributed by atoms with E-state index in [1.165, 1.54) is 27.6 Å². The molecule has 3 aromatic rings. The molecule has 5 rings (SSSR count). The molecule has 3 nitrogen and oxygen atoms in total. The maximum atomic E-state index is 6.57. The average molecular weight is 361 g/mol. The third-order valence-electron chi connectivity index (χ3n) is 6.25. The summed E-state index contributed by atoms with van der Waals surface area (Å²) >= 11 is 0. The van der Waals surface area contributed by atoms with Crippen LogP contribution in [0.1, 0.15) is 47.8 Å². The molecule has 140 valence electrons. The SMILES string of the molecule is Cc1ccc2c(c1)c1c3n2CC(c2ccccc2)OC(C)CC3CN(C)C1. The second kappa shape index (κ2) is 6.50. The van der Waals surface area contributed by atoms with Crippen LogP contribution in [-0.4, -0.2) is 29.2 Å². The number of hydrogen-bond acceptors (Lipinski definition) is 2. The van der Waals surface area contributed by atoms with Crippen molar-refractivity contribution < 1.29 is 4.74 Å². The molecule has 0 aliphatic carbocycles. The van der Waals surface area contributed by atoms with Gasteiger partial charge in [0, 0.05) is 35.6 Å². The lowest BCUT2D eigenvalue weighted by Crippen LogP contribution is -2.35. The molecule has 3 heteroatoms. The number of nitrogens with zero attached hydrogens (tertiary/aromatic N) is 2. The van der Waals surface area contributed by atoms with Gasteiger partial charge in [-0.15, -0.1) is 0 Å². The van der Waals surface area contributed by atoms with Crippen LogP contribution in [0, 0.1) is 6.92 Å². The van der Waals surface area contributed by atoms with Crippen LogP contribution in [0.4, 0.5) is 0 Å². The summed E-state index contributed by atoms with van der Waals surface area (Å²) in [6, 6.07) is 17.7. The normalized spacial score (nSPS) is 25.8. The molecular formula is C24H28N2O. The highest BCUT2D eigenvalue weighted by Gasteiger charge is 2.34. The number of rotatable bonds is 1. The van der Waals surface area contributed by atoms with Crippen LogP contribution >= 0.6 is 0 Å². The van der Waals surface area contributed by atoms with Crippen LogP contribution in [0.2, 0.25) is 0 Å². The standard InChI is InChI=1S/C24H28N2O/c1-16-9-10-22-20(11-16)21-14-25(3)13-19-12-17(2)27-23(15-26(22)24(19)21)18-7-5-4-6-8-18/h4-11,17,19,23H,12-15H2,1-3H3. The second-order valence-electron chi connectivity index (χ2n) is 8.47. The van der Waals surface area contributed by atoms with Gasteiger partial charge in [0.1, 0.15) is 6.10 Å². The van der Waals surface area contributed by atoms with Crippen molar-refractivity contribution in [2.75, 3.05) is 13.6 Å².